The number of carbonyl (C=O) groups is 3. The second-order valence-electron chi connectivity index (χ2n) is 11.8. The number of nitrogens with one attached hydrogen (secondary N) is 2. The summed E-state index contributed by atoms with van der Waals surface area (Å²) in [5.74, 6) is -5.37. The smallest absolute Gasteiger partial charge is 0.282 e. The zero-order chi connectivity index (χ0) is 31.5. The number of aryl methyl sites for hydroxylation is 2. The first-order valence-corrected chi connectivity index (χ1v) is 15.5. The third kappa shape index (κ3) is 5.70. The third-order valence-corrected chi connectivity index (χ3v) is 9.53. The van der Waals surface area contributed by atoms with Crippen molar-refractivity contribution in [1.29, 1.82) is 0 Å². The van der Waals surface area contributed by atoms with Crippen LogP contribution in [0.15, 0.2) is 54.6 Å². The molecule has 12 heteroatoms. The van der Waals surface area contributed by atoms with Crippen LogP contribution in [0.25, 0.3) is 10.4 Å². The number of alkyl halides is 2. The van der Waals surface area contributed by atoms with Crippen molar-refractivity contribution in [2.75, 3.05) is 23.3 Å². The summed E-state index contributed by atoms with van der Waals surface area (Å²) in [5, 5.41) is 13.5. The minimum Gasteiger partial charge on any atom is -0.349 e. The fourth-order valence-electron chi connectivity index (χ4n) is 5.90. The zero-order valence-electron chi connectivity index (χ0n) is 24.2. The summed E-state index contributed by atoms with van der Waals surface area (Å²) in [4.78, 5) is 42.6. The summed E-state index contributed by atoms with van der Waals surface area (Å²) in [6, 6.07) is 15.0. The summed E-state index contributed by atoms with van der Waals surface area (Å²) in [5.41, 5.74) is 3.08. The molecule has 45 heavy (non-hydrogen) atoms. The van der Waals surface area contributed by atoms with Gasteiger partial charge in [-0.15, -0.1) is 16.4 Å². The van der Waals surface area contributed by atoms with Crippen LogP contribution in [0.2, 0.25) is 0 Å². The molecule has 2 aromatic heterocycles. The third-order valence-electron chi connectivity index (χ3n) is 8.32. The first kappa shape index (κ1) is 29.1. The van der Waals surface area contributed by atoms with Crippen molar-refractivity contribution in [1.82, 2.24) is 15.5 Å². The summed E-state index contributed by atoms with van der Waals surface area (Å²) < 4.78 is 42.5. The van der Waals surface area contributed by atoms with Crippen molar-refractivity contribution in [3.63, 3.8) is 0 Å². The number of thiophene rings is 1. The number of Topliss-reactive ketones (excluding diaryl/α,β-unsaturated/α-hetero) is 1. The minimum absolute atomic E-state index is 0.0208. The molecule has 2 aromatic carbocycles. The molecule has 0 spiro atoms. The molecule has 3 aliphatic rings. The van der Waals surface area contributed by atoms with Gasteiger partial charge < -0.3 is 15.5 Å². The molecule has 3 heterocycles. The molecule has 1 saturated carbocycles. The Balaban J connectivity index is 1.11. The predicted molar refractivity (Wildman–Crippen MR) is 164 cm³/mol. The summed E-state index contributed by atoms with van der Waals surface area (Å²) >= 11 is 1.41. The Bertz CT molecular complexity index is 1860. The standard InChI is InChI=1S/C33H28F3N5O3S/c1-17-12-25(30(40-39-17)41-15-33(35,36)16-41)31(43)38-20-9-11-24(26(34)14-20)28(42)22-10-6-18-13-27(32(44)37-19-7-8-19)45-29(18)23-5-3-2-4-21(22)23/h2-5,9,11-14,19,22H,6-8,10,15-16H2,1H3,(H,37,44)(H,38,43). The topological polar surface area (TPSA) is 104 Å². The first-order valence-electron chi connectivity index (χ1n) is 14.7. The van der Waals surface area contributed by atoms with Crippen molar-refractivity contribution in [2.45, 2.75) is 50.5 Å². The van der Waals surface area contributed by atoms with Crippen molar-refractivity contribution >= 4 is 40.4 Å². The molecule has 1 aliphatic heterocycles. The molecule has 1 saturated heterocycles. The van der Waals surface area contributed by atoms with Gasteiger partial charge in [-0.3, -0.25) is 14.4 Å². The highest BCUT2D eigenvalue weighted by Gasteiger charge is 2.46. The lowest BCUT2D eigenvalue weighted by molar-refractivity contribution is -0.0268. The number of hydrogen-bond acceptors (Lipinski definition) is 7. The van der Waals surface area contributed by atoms with Crippen LogP contribution in [-0.4, -0.2) is 52.8 Å². The summed E-state index contributed by atoms with van der Waals surface area (Å²) in [6.45, 7) is 0.463. The molecule has 1 unspecified atom stereocenters. The van der Waals surface area contributed by atoms with E-state index in [0.717, 1.165) is 40.5 Å². The van der Waals surface area contributed by atoms with Crippen LogP contribution < -0.4 is 15.5 Å². The second-order valence-corrected chi connectivity index (χ2v) is 12.9. The monoisotopic (exact) mass is 631 g/mol. The van der Waals surface area contributed by atoms with Crippen LogP contribution in [0.4, 0.5) is 24.7 Å². The van der Waals surface area contributed by atoms with E-state index < -0.39 is 36.7 Å². The number of rotatable bonds is 7. The normalized spacial score (nSPS) is 18.2. The highest BCUT2D eigenvalue weighted by atomic mass is 32.1. The van der Waals surface area contributed by atoms with Gasteiger partial charge in [0, 0.05) is 22.5 Å². The second kappa shape index (κ2) is 11.1. The van der Waals surface area contributed by atoms with Gasteiger partial charge in [0.1, 0.15) is 5.82 Å². The van der Waals surface area contributed by atoms with Crippen LogP contribution in [0, 0.1) is 12.7 Å². The van der Waals surface area contributed by atoms with Gasteiger partial charge in [-0.1, -0.05) is 24.3 Å². The van der Waals surface area contributed by atoms with Crippen LogP contribution in [-0.2, 0) is 6.42 Å². The van der Waals surface area contributed by atoms with Gasteiger partial charge in [-0.05, 0) is 79.6 Å². The van der Waals surface area contributed by atoms with E-state index in [1.807, 2.05) is 30.3 Å². The van der Waals surface area contributed by atoms with Gasteiger partial charge in [-0.25, -0.2) is 13.2 Å². The number of anilines is 2. The predicted octanol–water partition coefficient (Wildman–Crippen LogP) is 6.17. The highest BCUT2D eigenvalue weighted by molar-refractivity contribution is 7.17. The maximum Gasteiger partial charge on any atom is 0.282 e. The van der Waals surface area contributed by atoms with E-state index in [4.69, 9.17) is 0 Å². The van der Waals surface area contributed by atoms with Crippen LogP contribution in [0.5, 0.6) is 0 Å². The van der Waals surface area contributed by atoms with E-state index in [1.54, 1.807) is 6.92 Å². The average molecular weight is 632 g/mol. The molecular weight excluding hydrogens is 603 g/mol. The number of carbonyl (C=O) groups excluding carboxylic acids is 3. The minimum atomic E-state index is -2.87. The molecular formula is C33H28F3N5O3S. The van der Waals surface area contributed by atoms with Gasteiger partial charge in [0.25, 0.3) is 17.7 Å². The number of ketones is 1. The first-order chi connectivity index (χ1) is 21.6. The van der Waals surface area contributed by atoms with Crippen molar-refractivity contribution < 1.29 is 27.6 Å². The highest BCUT2D eigenvalue weighted by Crippen LogP contribution is 2.44. The number of amides is 2. The number of nitrogens with zero attached hydrogens (tertiary/aromatic N) is 3. The van der Waals surface area contributed by atoms with Crippen LogP contribution in [0.3, 0.4) is 0 Å². The van der Waals surface area contributed by atoms with Gasteiger partial charge in [0.05, 0.1) is 34.8 Å². The molecule has 0 bridgehead atoms. The number of hydrogen-bond donors (Lipinski definition) is 2. The number of halogens is 3. The quantitative estimate of drug-likeness (QED) is 0.237. The molecule has 0 radical (unpaired) electrons. The SMILES string of the molecule is Cc1cc(C(=O)Nc2ccc(C(=O)C3CCc4cc(C(=O)NC5CC5)sc4-c4ccccc43)c(F)c2)c(N2CC(F)(F)C2)nn1. The van der Waals surface area contributed by atoms with Crippen molar-refractivity contribution in [3.8, 4) is 10.4 Å². The lowest BCUT2D eigenvalue weighted by atomic mass is 9.86. The Labute approximate surface area is 260 Å². The summed E-state index contributed by atoms with van der Waals surface area (Å²) in [6.07, 6.45) is 2.99. The number of aromatic nitrogens is 2. The van der Waals surface area contributed by atoms with Gasteiger partial charge in [0.2, 0.25) is 0 Å². The molecule has 8 nitrogen and oxygen atoms in total. The molecule has 2 N–H and O–H groups in total. The molecule has 4 aromatic rings. The van der Waals surface area contributed by atoms with Gasteiger partial charge in [0.15, 0.2) is 11.6 Å². The van der Waals surface area contributed by atoms with Gasteiger partial charge in [-0.2, -0.15) is 5.10 Å². The van der Waals surface area contributed by atoms with E-state index in [1.165, 1.54) is 34.4 Å². The Morgan fingerprint density at radius 2 is 1.73 bits per heavy atom. The van der Waals surface area contributed by atoms with Crippen molar-refractivity contribution in [3.05, 3.63) is 93.2 Å². The zero-order valence-corrected chi connectivity index (χ0v) is 25.0. The lowest BCUT2D eigenvalue weighted by Crippen LogP contribution is -2.57. The molecule has 230 valence electrons. The van der Waals surface area contributed by atoms with E-state index in [2.05, 4.69) is 20.8 Å². The molecule has 2 amide bonds. The van der Waals surface area contributed by atoms with Crippen LogP contribution in [0.1, 0.15) is 72.4 Å². The van der Waals surface area contributed by atoms with E-state index in [0.29, 0.717) is 23.4 Å². The Morgan fingerprint density at radius 3 is 2.47 bits per heavy atom. The van der Waals surface area contributed by atoms with Crippen LogP contribution >= 0.6 is 11.3 Å². The van der Waals surface area contributed by atoms with E-state index in [-0.39, 0.29) is 40.4 Å². The maximum absolute atomic E-state index is 15.5. The number of fused-ring (bicyclic) bond motifs is 3. The number of benzene rings is 2. The fourth-order valence-corrected chi connectivity index (χ4v) is 7.06. The molecule has 1 atom stereocenters. The lowest BCUT2D eigenvalue weighted by Gasteiger charge is -2.39. The Kier molecular flexibility index (Phi) is 7.19. The Hall–Kier alpha value is -4.58. The average Bonchev–Trinajstić information content (AvgIpc) is 3.74. The molecule has 2 fully saturated rings. The largest absolute Gasteiger partial charge is 0.349 e. The molecule has 2 aliphatic carbocycles. The summed E-state index contributed by atoms with van der Waals surface area (Å²) in [7, 11) is 0. The van der Waals surface area contributed by atoms with E-state index in [9.17, 15) is 23.2 Å². The molecule has 7 rings (SSSR count). The van der Waals surface area contributed by atoms with E-state index >= 15 is 4.39 Å². The van der Waals surface area contributed by atoms with Gasteiger partial charge >= 0.3 is 0 Å². The Morgan fingerprint density at radius 1 is 0.956 bits per heavy atom. The van der Waals surface area contributed by atoms with Crippen molar-refractivity contribution in [2.24, 2.45) is 0 Å². The fraction of sp³-hybridized carbons (Fsp3) is 0.303. The maximum atomic E-state index is 15.5.